The van der Waals surface area contributed by atoms with Gasteiger partial charge in [-0.25, -0.2) is 4.98 Å². The molecule has 0 atom stereocenters. The lowest BCUT2D eigenvalue weighted by molar-refractivity contribution is 0.777. The van der Waals surface area contributed by atoms with E-state index in [1.165, 1.54) is 11.1 Å². The molecule has 2 N–H and O–H groups in total. The van der Waals surface area contributed by atoms with Gasteiger partial charge in [-0.15, -0.1) is 0 Å². The molecule has 0 radical (unpaired) electrons. The Hall–Kier alpha value is -3.14. The summed E-state index contributed by atoms with van der Waals surface area (Å²) in [7, 11) is 1.88. The van der Waals surface area contributed by atoms with E-state index < -0.39 is 0 Å². The molecule has 4 heteroatoms. The highest BCUT2D eigenvalue weighted by Gasteiger charge is 2.19. The van der Waals surface area contributed by atoms with Crippen LogP contribution in [0.15, 0.2) is 66.7 Å². The number of hydrogen-bond donors (Lipinski definition) is 2. The Morgan fingerprint density at radius 3 is 1.90 bits per heavy atom. The first-order chi connectivity index (χ1) is 14.0. The van der Waals surface area contributed by atoms with Gasteiger partial charge in [0, 0.05) is 31.4 Å². The molecule has 0 aliphatic heterocycles. The number of benzene rings is 2. The topological polar surface area (TPSA) is 52.0 Å². The number of aromatic nitrogens is 1. The summed E-state index contributed by atoms with van der Waals surface area (Å²) in [5.74, 6) is 2.00. The Labute approximate surface area is 174 Å². The first-order valence-electron chi connectivity index (χ1n) is 10.1. The van der Waals surface area contributed by atoms with Crippen LogP contribution >= 0.6 is 0 Å². The number of hydrogen-bond acceptors (Lipinski definition) is 4. The third-order valence-corrected chi connectivity index (χ3v) is 5.03. The van der Waals surface area contributed by atoms with Gasteiger partial charge in [0.25, 0.3) is 0 Å². The molecule has 0 amide bonds. The largest absolute Gasteiger partial charge is 0.373 e. The molecule has 1 aromatic heterocycles. The smallest absolute Gasteiger partial charge is 0.137 e. The lowest BCUT2D eigenvalue weighted by atomic mass is 9.95. The predicted molar refractivity (Wildman–Crippen MR) is 123 cm³/mol. The van der Waals surface area contributed by atoms with Crippen LogP contribution in [0.2, 0.25) is 0 Å². The zero-order valence-corrected chi connectivity index (χ0v) is 17.7. The Bertz CT molecular complexity index is 908. The molecule has 0 saturated carbocycles. The van der Waals surface area contributed by atoms with E-state index in [0.717, 1.165) is 35.9 Å². The minimum Gasteiger partial charge on any atom is -0.373 e. The lowest BCUT2D eigenvalue weighted by Gasteiger charge is -2.27. The van der Waals surface area contributed by atoms with Gasteiger partial charge in [-0.05, 0) is 35.6 Å². The second-order valence-corrected chi connectivity index (χ2v) is 7.65. The number of anilines is 2. The van der Waals surface area contributed by atoms with Gasteiger partial charge < -0.3 is 15.6 Å². The van der Waals surface area contributed by atoms with Crippen LogP contribution in [0.1, 0.15) is 48.9 Å². The van der Waals surface area contributed by atoms with Gasteiger partial charge >= 0.3 is 0 Å². The van der Waals surface area contributed by atoms with E-state index in [2.05, 4.69) is 78.7 Å². The number of nitrogens with one attached hydrogen (secondary N) is 2. The fourth-order valence-electron chi connectivity index (χ4n) is 3.57. The molecule has 0 unspecified atom stereocenters. The fraction of sp³-hybridized carbons (Fsp3) is 0.280. The second-order valence-electron chi connectivity index (χ2n) is 7.65. The van der Waals surface area contributed by atoms with Crippen LogP contribution in [0.4, 0.5) is 11.6 Å². The van der Waals surface area contributed by atoms with Gasteiger partial charge in [-0.1, -0.05) is 74.5 Å². The van der Waals surface area contributed by atoms with Crippen molar-refractivity contribution in [2.45, 2.75) is 39.8 Å². The van der Waals surface area contributed by atoms with Crippen LogP contribution in [-0.4, -0.2) is 17.7 Å². The van der Waals surface area contributed by atoms with Crippen molar-refractivity contribution in [2.75, 3.05) is 17.3 Å². The number of nitrogens with zero attached hydrogens (tertiary/aromatic N) is 2. The minimum absolute atomic E-state index is 0.300. The average molecular weight is 387 g/mol. The number of pyridine rings is 1. The summed E-state index contributed by atoms with van der Waals surface area (Å²) in [6, 6.07) is 23.1. The van der Waals surface area contributed by atoms with Crippen LogP contribution in [0.5, 0.6) is 0 Å². The SMILES string of the molecule is CNc1nc(N(Cc2ccccc2)Cc2ccccc2)cc(C(C)C)c1C(C)=N. The molecule has 2 aromatic carbocycles. The molecule has 0 aliphatic carbocycles. The van der Waals surface area contributed by atoms with Gasteiger partial charge in [0.05, 0.1) is 0 Å². The summed E-state index contributed by atoms with van der Waals surface area (Å²) >= 11 is 0. The third-order valence-electron chi connectivity index (χ3n) is 5.03. The van der Waals surface area contributed by atoms with Crippen molar-refractivity contribution in [1.29, 1.82) is 5.41 Å². The zero-order valence-electron chi connectivity index (χ0n) is 17.7. The fourth-order valence-corrected chi connectivity index (χ4v) is 3.57. The van der Waals surface area contributed by atoms with Crippen LogP contribution in [0.25, 0.3) is 0 Å². The third kappa shape index (κ3) is 5.02. The van der Waals surface area contributed by atoms with Gasteiger partial charge in [-0.3, -0.25) is 0 Å². The summed E-state index contributed by atoms with van der Waals surface area (Å²) in [6.45, 7) is 7.71. The van der Waals surface area contributed by atoms with E-state index in [1.54, 1.807) is 0 Å². The van der Waals surface area contributed by atoms with Crippen LogP contribution in [-0.2, 0) is 13.1 Å². The summed E-state index contributed by atoms with van der Waals surface area (Å²) in [4.78, 5) is 7.23. The lowest BCUT2D eigenvalue weighted by Crippen LogP contribution is -2.24. The molecule has 0 spiro atoms. The molecule has 1 heterocycles. The van der Waals surface area contributed by atoms with Crippen molar-refractivity contribution in [2.24, 2.45) is 0 Å². The first-order valence-corrected chi connectivity index (χ1v) is 10.1. The Kier molecular flexibility index (Phi) is 6.65. The molecule has 0 aliphatic rings. The predicted octanol–water partition coefficient (Wildman–Crippen LogP) is 5.84. The normalized spacial score (nSPS) is 10.8. The summed E-state index contributed by atoms with van der Waals surface area (Å²) in [6.07, 6.45) is 0. The highest BCUT2D eigenvalue weighted by Crippen LogP contribution is 2.31. The molecule has 3 rings (SSSR count). The maximum Gasteiger partial charge on any atom is 0.137 e. The Balaban J connectivity index is 2.08. The summed E-state index contributed by atoms with van der Waals surface area (Å²) in [5.41, 5.74) is 5.09. The molecule has 150 valence electrons. The minimum atomic E-state index is 0.300. The molecule has 0 fully saturated rings. The standard InChI is InChI=1S/C25H30N4/c1-18(2)22-15-23(28-25(27-4)24(22)19(3)26)29(16-20-11-7-5-8-12-20)17-21-13-9-6-10-14-21/h5-15,18,26H,16-17H2,1-4H3,(H,27,28). The zero-order chi connectivity index (χ0) is 20.8. The molecule has 3 aromatic rings. The quantitative estimate of drug-likeness (QED) is 0.478. The van der Waals surface area contributed by atoms with E-state index in [9.17, 15) is 0 Å². The average Bonchev–Trinajstić information content (AvgIpc) is 2.73. The van der Waals surface area contributed by atoms with Crippen LogP contribution in [0, 0.1) is 5.41 Å². The monoisotopic (exact) mass is 386 g/mol. The van der Waals surface area contributed by atoms with Gasteiger partial charge in [-0.2, -0.15) is 0 Å². The molecular weight excluding hydrogens is 356 g/mol. The molecule has 4 nitrogen and oxygen atoms in total. The van der Waals surface area contributed by atoms with E-state index in [4.69, 9.17) is 10.4 Å². The first kappa shape index (κ1) is 20.6. The van der Waals surface area contributed by atoms with Gasteiger partial charge in [0.15, 0.2) is 0 Å². The van der Waals surface area contributed by atoms with Crippen LogP contribution < -0.4 is 10.2 Å². The van der Waals surface area contributed by atoms with Gasteiger partial charge in [0.2, 0.25) is 0 Å². The highest BCUT2D eigenvalue weighted by atomic mass is 15.2. The molecule has 0 saturated heterocycles. The molecule has 0 bridgehead atoms. The Morgan fingerprint density at radius 1 is 0.966 bits per heavy atom. The van der Waals surface area contributed by atoms with Crippen molar-refractivity contribution >= 4 is 17.3 Å². The molecular formula is C25H30N4. The van der Waals surface area contributed by atoms with Crippen molar-refractivity contribution in [3.63, 3.8) is 0 Å². The van der Waals surface area contributed by atoms with Crippen molar-refractivity contribution in [3.8, 4) is 0 Å². The van der Waals surface area contributed by atoms with Crippen molar-refractivity contribution < 1.29 is 0 Å². The maximum atomic E-state index is 8.26. The molecule has 29 heavy (non-hydrogen) atoms. The van der Waals surface area contributed by atoms with E-state index in [0.29, 0.717) is 11.6 Å². The summed E-state index contributed by atoms with van der Waals surface area (Å²) in [5, 5.41) is 11.5. The van der Waals surface area contributed by atoms with Gasteiger partial charge in [0.1, 0.15) is 11.6 Å². The number of rotatable bonds is 8. The van der Waals surface area contributed by atoms with Crippen molar-refractivity contribution in [3.05, 3.63) is 89.0 Å². The van der Waals surface area contributed by atoms with Crippen molar-refractivity contribution in [1.82, 2.24) is 4.98 Å². The summed E-state index contributed by atoms with van der Waals surface area (Å²) < 4.78 is 0. The second kappa shape index (κ2) is 9.37. The Morgan fingerprint density at radius 2 is 1.48 bits per heavy atom. The highest BCUT2D eigenvalue weighted by molar-refractivity contribution is 6.02. The van der Waals surface area contributed by atoms with Crippen LogP contribution in [0.3, 0.4) is 0 Å². The van der Waals surface area contributed by atoms with E-state index in [-0.39, 0.29) is 0 Å². The maximum absolute atomic E-state index is 8.26. The van der Waals surface area contributed by atoms with E-state index >= 15 is 0 Å². The van der Waals surface area contributed by atoms with E-state index in [1.807, 2.05) is 26.1 Å².